The summed E-state index contributed by atoms with van der Waals surface area (Å²) < 4.78 is 0. The molecule has 1 amide bonds. The van der Waals surface area contributed by atoms with E-state index in [1.807, 2.05) is 17.5 Å². The predicted octanol–water partition coefficient (Wildman–Crippen LogP) is 3.01. The molecular formula is C15H13N3O3S. The van der Waals surface area contributed by atoms with E-state index in [1.165, 1.54) is 29.7 Å². The van der Waals surface area contributed by atoms with Gasteiger partial charge in [-0.15, -0.1) is 11.3 Å². The monoisotopic (exact) mass is 315 g/mol. The Balaban J connectivity index is 1.87. The van der Waals surface area contributed by atoms with E-state index >= 15 is 0 Å². The summed E-state index contributed by atoms with van der Waals surface area (Å²) in [7, 11) is 0. The molecule has 2 aromatic rings. The molecule has 0 bridgehead atoms. The van der Waals surface area contributed by atoms with E-state index < -0.39 is 4.92 Å². The van der Waals surface area contributed by atoms with Crippen molar-refractivity contribution in [3.63, 3.8) is 0 Å². The summed E-state index contributed by atoms with van der Waals surface area (Å²) in [4.78, 5) is 22.9. The van der Waals surface area contributed by atoms with Gasteiger partial charge in [0.05, 0.1) is 16.9 Å². The van der Waals surface area contributed by atoms with Gasteiger partial charge >= 0.3 is 0 Å². The van der Waals surface area contributed by atoms with Crippen LogP contribution in [-0.4, -0.2) is 17.0 Å². The Morgan fingerprint density at radius 2 is 2.14 bits per heavy atom. The first-order valence-corrected chi connectivity index (χ1v) is 7.29. The van der Waals surface area contributed by atoms with Gasteiger partial charge in [0.2, 0.25) is 5.91 Å². The van der Waals surface area contributed by atoms with Crippen molar-refractivity contribution >= 4 is 35.2 Å². The number of rotatable bonds is 6. The van der Waals surface area contributed by atoms with E-state index in [1.54, 1.807) is 24.3 Å². The normalized spacial score (nSPS) is 11.1. The van der Waals surface area contributed by atoms with E-state index in [0.29, 0.717) is 5.56 Å². The van der Waals surface area contributed by atoms with Gasteiger partial charge < -0.3 is 0 Å². The van der Waals surface area contributed by atoms with Gasteiger partial charge in [-0.3, -0.25) is 14.9 Å². The minimum atomic E-state index is -0.445. The van der Waals surface area contributed by atoms with Gasteiger partial charge in [0.25, 0.3) is 5.69 Å². The first-order valence-electron chi connectivity index (χ1n) is 6.41. The van der Waals surface area contributed by atoms with E-state index in [4.69, 9.17) is 0 Å². The van der Waals surface area contributed by atoms with Crippen LogP contribution in [-0.2, 0) is 11.2 Å². The van der Waals surface area contributed by atoms with Crippen molar-refractivity contribution in [2.45, 2.75) is 6.42 Å². The maximum Gasteiger partial charge on any atom is 0.276 e. The molecule has 0 saturated carbocycles. The Morgan fingerprint density at radius 1 is 1.32 bits per heavy atom. The number of nitro benzene ring substituents is 1. The molecule has 0 radical (unpaired) electrons. The summed E-state index contributed by atoms with van der Waals surface area (Å²) in [6.07, 6.45) is 4.76. The highest BCUT2D eigenvalue weighted by Gasteiger charge is 2.08. The lowest BCUT2D eigenvalue weighted by Crippen LogP contribution is -2.18. The maximum absolute atomic E-state index is 11.6. The van der Waals surface area contributed by atoms with Gasteiger partial charge in [-0.05, 0) is 29.7 Å². The van der Waals surface area contributed by atoms with Gasteiger partial charge in [-0.2, -0.15) is 5.10 Å². The van der Waals surface area contributed by atoms with Crippen LogP contribution >= 0.6 is 11.3 Å². The number of hydrogen-bond acceptors (Lipinski definition) is 5. The third kappa shape index (κ3) is 4.64. The summed E-state index contributed by atoms with van der Waals surface area (Å²) in [5, 5.41) is 16.5. The molecule has 1 aromatic carbocycles. The Hall–Kier alpha value is -2.80. The van der Waals surface area contributed by atoms with E-state index in [2.05, 4.69) is 10.5 Å². The molecule has 0 aliphatic rings. The molecule has 2 rings (SSSR count). The van der Waals surface area contributed by atoms with Gasteiger partial charge in [0.1, 0.15) is 0 Å². The van der Waals surface area contributed by atoms with Crippen LogP contribution in [0.2, 0.25) is 0 Å². The number of benzene rings is 1. The molecule has 1 heterocycles. The second-order valence-electron chi connectivity index (χ2n) is 4.24. The molecular weight excluding hydrogens is 302 g/mol. The maximum atomic E-state index is 11.6. The van der Waals surface area contributed by atoms with Crippen molar-refractivity contribution in [3.8, 4) is 0 Å². The highest BCUT2D eigenvalue weighted by molar-refractivity contribution is 7.10. The van der Waals surface area contributed by atoms with Crippen molar-refractivity contribution in [1.82, 2.24) is 5.43 Å². The SMILES string of the molecule is O=C(Cc1cccs1)NN=C/C=C/c1ccccc1[N+](=O)[O-]. The Labute approximate surface area is 130 Å². The van der Waals surface area contributed by atoms with Crippen LogP contribution in [0.25, 0.3) is 6.08 Å². The molecule has 0 saturated heterocycles. The van der Waals surface area contributed by atoms with Crippen LogP contribution in [0.1, 0.15) is 10.4 Å². The predicted molar refractivity (Wildman–Crippen MR) is 86.8 cm³/mol. The van der Waals surface area contributed by atoms with E-state index in [9.17, 15) is 14.9 Å². The zero-order valence-electron chi connectivity index (χ0n) is 11.5. The molecule has 0 fully saturated rings. The van der Waals surface area contributed by atoms with Crippen LogP contribution in [0, 0.1) is 10.1 Å². The van der Waals surface area contributed by atoms with Gasteiger partial charge in [-0.1, -0.05) is 18.2 Å². The Morgan fingerprint density at radius 3 is 2.86 bits per heavy atom. The summed E-state index contributed by atoms with van der Waals surface area (Å²) in [6.45, 7) is 0. The average molecular weight is 315 g/mol. The van der Waals surface area contributed by atoms with E-state index in [-0.39, 0.29) is 18.0 Å². The fourth-order valence-corrected chi connectivity index (χ4v) is 2.41. The first kappa shape index (κ1) is 15.6. The average Bonchev–Trinajstić information content (AvgIpc) is 3.00. The number of nitro groups is 1. The molecule has 7 heteroatoms. The number of carbonyl (C=O) groups excluding carboxylic acids is 1. The minimum absolute atomic E-state index is 0.0221. The highest BCUT2D eigenvalue weighted by Crippen LogP contribution is 2.18. The number of hydrogen-bond donors (Lipinski definition) is 1. The summed E-state index contributed by atoms with van der Waals surface area (Å²) >= 11 is 1.51. The van der Waals surface area contributed by atoms with Crippen molar-refractivity contribution in [1.29, 1.82) is 0 Å². The molecule has 1 N–H and O–H groups in total. The minimum Gasteiger partial charge on any atom is -0.273 e. The lowest BCUT2D eigenvalue weighted by molar-refractivity contribution is -0.385. The lowest BCUT2D eigenvalue weighted by Gasteiger charge is -1.96. The van der Waals surface area contributed by atoms with Crippen LogP contribution in [0.4, 0.5) is 5.69 Å². The third-order valence-electron chi connectivity index (χ3n) is 2.67. The molecule has 0 aliphatic carbocycles. The summed E-state index contributed by atoms with van der Waals surface area (Å²) in [5.74, 6) is -0.210. The number of thiophene rings is 1. The Bertz CT molecular complexity index is 709. The van der Waals surface area contributed by atoms with Gasteiger partial charge in [0.15, 0.2) is 0 Å². The van der Waals surface area contributed by atoms with Gasteiger partial charge in [-0.25, -0.2) is 5.43 Å². The fourth-order valence-electron chi connectivity index (χ4n) is 1.70. The van der Waals surface area contributed by atoms with Crippen molar-refractivity contribution < 1.29 is 9.72 Å². The number of nitrogens with zero attached hydrogens (tertiary/aromatic N) is 2. The second-order valence-corrected chi connectivity index (χ2v) is 5.28. The molecule has 22 heavy (non-hydrogen) atoms. The van der Waals surface area contributed by atoms with Crippen molar-refractivity contribution in [3.05, 3.63) is 68.4 Å². The number of amides is 1. The summed E-state index contributed by atoms with van der Waals surface area (Å²) in [6, 6.07) is 10.1. The number of nitrogens with one attached hydrogen (secondary N) is 1. The fraction of sp³-hybridized carbons (Fsp3) is 0.0667. The molecule has 0 atom stereocenters. The molecule has 112 valence electrons. The quantitative estimate of drug-likeness (QED) is 0.505. The smallest absolute Gasteiger partial charge is 0.273 e. The van der Waals surface area contributed by atoms with Crippen molar-refractivity contribution in [2.24, 2.45) is 5.10 Å². The van der Waals surface area contributed by atoms with Crippen molar-refractivity contribution in [2.75, 3.05) is 0 Å². The number of allylic oxidation sites excluding steroid dienone is 1. The summed E-state index contributed by atoms with van der Waals surface area (Å²) in [5.41, 5.74) is 2.89. The number of para-hydroxylation sites is 1. The first-order chi connectivity index (χ1) is 10.7. The van der Waals surface area contributed by atoms with Crippen LogP contribution in [0.5, 0.6) is 0 Å². The number of hydrazone groups is 1. The topological polar surface area (TPSA) is 84.6 Å². The standard InChI is InChI=1S/C15H13N3O3S/c19-15(11-13-7-4-10-22-13)17-16-9-3-6-12-5-1-2-8-14(12)18(20)21/h1-10H,11H2,(H,17,19)/b6-3+,16-9?. The van der Waals surface area contributed by atoms with Crippen LogP contribution in [0.3, 0.4) is 0 Å². The lowest BCUT2D eigenvalue weighted by atomic mass is 10.2. The molecule has 0 aliphatic heterocycles. The molecule has 1 aromatic heterocycles. The third-order valence-corrected chi connectivity index (χ3v) is 3.55. The highest BCUT2D eigenvalue weighted by atomic mass is 32.1. The van der Waals surface area contributed by atoms with Crippen LogP contribution in [0.15, 0.2) is 53.0 Å². The van der Waals surface area contributed by atoms with Gasteiger partial charge in [0, 0.05) is 17.2 Å². The zero-order chi connectivity index (χ0) is 15.8. The number of carbonyl (C=O) groups is 1. The zero-order valence-corrected chi connectivity index (χ0v) is 12.3. The largest absolute Gasteiger partial charge is 0.276 e. The second kappa shape index (κ2) is 7.84. The van der Waals surface area contributed by atoms with Crippen LogP contribution < -0.4 is 5.43 Å². The Kier molecular flexibility index (Phi) is 5.56. The van der Waals surface area contributed by atoms with E-state index in [0.717, 1.165) is 4.88 Å². The molecule has 0 unspecified atom stereocenters. The molecule has 6 nitrogen and oxygen atoms in total. The molecule has 0 spiro atoms.